The summed E-state index contributed by atoms with van der Waals surface area (Å²) in [5.41, 5.74) is 0.961. The Bertz CT molecular complexity index is 547. The molecule has 1 aromatic heterocycles. The third kappa shape index (κ3) is 3.84. The number of hydrogen-bond donors (Lipinski definition) is 2. The molecule has 0 saturated heterocycles. The molecule has 1 fully saturated rings. The summed E-state index contributed by atoms with van der Waals surface area (Å²) < 4.78 is 29.6. The Morgan fingerprint density at radius 3 is 2.70 bits per heavy atom. The number of nitrogens with one attached hydrogen (secondary N) is 2. The number of aromatic nitrogens is 1. The average molecular weight is 299 g/mol. The van der Waals surface area contributed by atoms with E-state index in [9.17, 15) is 8.42 Å². The highest BCUT2D eigenvalue weighted by Crippen LogP contribution is 2.34. The zero-order valence-electron chi connectivity index (χ0n) is 12.5. The normalized spacial score (nSPS) is 17.4. The lowest BCUT2D eigenvalue weighted by atomic mass is 10.1. The summed E-state index contributed by atoms with van der Waals surface area (Å²) in [6.07, 6.45) is 5.97. The fourth-order valence-electron chi connectivity index (χ4n) is 2.42. The summed E-state index contributed by atoms with van der Waals surface area (Å²) in [6, 6.07) is 1.79. The first kappa shape index (κ1) is 15.5. The SMILES string of the molecule is CCC(CC1CC1)NS(=O)(=O)c1cc(CNC)n(C)c1. The monoisotopic (exact) mass is 299 g/mol. The molecule has 0 spiro atoms. The zero-order chi connectivity index (χ0) is 14.8. The summed E-state index contributed by atoms with van der Waals surface area (Å²) in [5.74, 6) is 0.721. The predicted octanol–water partition coefficient (Wildman–Crippen LogP) is 1.60. The van der Waals surface area contributed by atoms with Crippen LogP contribution in [0.25, 0.3) is 0 Å². The fraction of sp³-hybridized carbons (Fsp3) is 0.714. The van der Waals surface area contributed by atoms with E-state index in [2.05, 4.69) is 10.0 Å². The van der Waals surface area contributed by atoms with Crippen molar-refractivity contribution in [1.29, 1.82) is 0 Å². The lowest BCUT2D eigenvalue weighted by Gasteiger charge is -2.16. The lowest BCUT2D eigenvalue weighted by molar-refractivity contribution is 0.495. The largest absolute Gasteiger partial charge is 0.352 e. The van der Waals surface area contributed by atoms with Crippen LogP contribution in [0, 0.1) is 5.92 Å². The van der Waals surface area contributed by atoms with Gasteiger partial charge in [-0.15, -0.1) is 0 Å². The van der Waals surface area contributed by atoms with E-state index in [4.69, 9.17) is 0 Å². The van der Waals surface area contributed by atoms with E-state index < -0.39 is 10.0 Å². The lowest BCUT2D eigenvalue weighted by Crippen LogP contribution is -2.34. The topological polar surface area (TPSA) is 63.1 Å². The van der Waals surface area contributed by atoms with Crippen LogP contribution in [0.3, 0.4) is 0 Å². The molecule has 0 bridgehead atoms. The molecule has 1 aromatic rings. The predicted molar refractivity (Wildman–Crippen MR) is 79.9 cm³/mol. The molecule has 2 N–H and O–H groups in total. The molecule has 0 amide bonds. The summed E-state index contributed by atoms with van der Waals surface area (Å²) in [4.78, 5) is 0.361. The van der Waals surface area contributed by atoms with Gasteiger partial charge in [0, 0.05) is 31.5 Å². The van der Waals surface area contributed by atoms with Crippen molar-refractivity contribution in [3.05, 3.63) is 18.0 Å². The highest BCUT2D eigenvalue weighted by atomic mass is 32.2. The Labute approximate surface area is 121 Å². The van der Waals surface area contributed by atoms with E-state index in [1.165, 1.54) is 12.8 Å². The van der Waals surface area contributed by atoms with E-state index in [1.54, 1.807) is 12.3 Å². The quantitative estimate of drug-likeness (QED) is 0.766. The third-order valence-electron chi connectivity index (χ3n) is 3.88. The standard InChI is InChI=1S/C14H25N3O2S/c1-4-12(7-11-5-6-11)16-20(18,19)14-8-13(9-15-2)17(3)10-14/h8,10-12,15-16H,4-7,9H2,1-3H3. The Hall–Kier alpha value is -0.850. The molecule has 6 heteroatoms. The average Bonchev–Trinajstić information content (AvgIpc) is 3.12. The second kappa shape index (κ2) is 6.28. The molecule has 1 aliphatic rings. The van der Waals surface area contributed by atoms with Crippen LogP contribution in [-0.2, 0) is 23.6 Å². The number of rotatable bonds is 8. The van der Waals surface area contributed by atoms with Gasteiger partial charge in [-0.3, -0.25) is 0 Å². The summed E-state index contributed by atoms with van der Waals surface area (Å²) >= 11 is 0. The van der Waals surface area contributed by atoms with Gasteiger partial charge >= 0.3 is 0 Å². The summed E-state index contributed by atoms with van der Waals surface area (Å²) in [6.45, 7) is 2.69. The molecule has 1 aliphatic carbocycles. The van der Waals surface area contributed by atoms with Crippen LogP contribution >= 0.6 is 0 Å². The smallest absolute Gasteiger partial charge is 0.242 e. The summed E-state index contributed by atoms with van der Waals surface area (Å²) in [7, 11) is 0.310. The van der Waals surface area contributed by atoms with Gasteiger partial charge in [0.15, 0.2) is 0 Å². The Morgan fingerprint density at radius 2 is 2.15 bits per heavy atom. The van der Waals surface area contributed by atoms with Gasteiger partial charge in [0.2, 0.25) is 10.0 Å². The molecule has 0 radical (unpaired) electrons. The van der Waals surface area contributed by atoms with Gasteiger partial charge in [-0.2, -0.15) is 0 Å². The molecule has 1 unspecified atom stereocenters. The summed E-state index contributed by atoms with van der Waals surface area (Å²) in [5, 5.41) is 3.04. The molecule has 1 saturated carbocycles. The van der Waals surface area contributed by atoms with Gasteiger partial charge in [-0.25, -0.2) is 13.1 Å². The number of nitrogens with zero attached hydrogens (tertiary/aromatic N) is 1. The first-order valence-electron chi connectivity index (χ1n) is 7.28. The first-order chi connectivity index (χ1) is 9.46. The third-order valence-corrected chi connectivity index (χ3v) is 5.37. The van der Waals surface area contributed by atoms with E-state index >= 15 is 0 Å². The van der Waals surface area contributed by atoms with Gasteiger partial charge in [0.05, 0.1) is 4.90 Å². The fourth-order valence-corrected chi connectivity index (χ4v) is 3.85. The molecule has 1 atom stereocenters. The van der Waals surface area contributed by atoms with Crippen LogP contribution in [-0.4, -0.2) is 26.1 Å². The van der Waals surface area contributed by atoms with Gasteiger partial charge < -0.3 is 9.88 Å². The van der Waals surface area contributed by atoms with Crippen LogP contribution in [0.2, 0.25) is 0 Å². The Balaban J connectivity index is 2.09. The van der Waals surface area contributed by atoms with Crippen LogP contribution in [0.4, 0.5) is 0 Å². The minimum Gasteiger partial charge on any atom is -0.352 e. The minimum absolute atomic E-state index is 0.0560. The van der Waals surface area contributed by atoms with Crippen LogP contribution in [0.5, 0.6) is 0 Å². The molecule has 5 nitrogen and oxygen atoms in total. The van der Waals surface area contributed by atoms with Gasteiger partial charge in [-0.1, -0.05) is 19.8 Å². The van der Waals surface area contributed by atoms with Crippen molar-refractivity contribution in [3.8, 4) is 0 Å². The maximum atomic E-state index is 12.4. The maximum Gasteiger partial charge on any atom is 0.242 e. The van der Waals surface area contributed by atoms with Crippen LogP contribution in [0.15, 0.2) is 17.2 Å². The molecule has 20 heavy (non-hydrogen) atoms. The molecular formula is C14H25N3O2S. The van der Waals surface area contributed by atoms with Crippen molar-refractivity contribution in [2.45, 2.75) is 50.1 Å². The van der Waals surface area contributed by atoms with Crippen molar-refractivity contribution in [2.75, 3.05) is 7.05 Å². The number of aryl methyl sites for hydroxylation is 1. The van der Waals surface area contributed by atoms with Crippen LogP contribution in [0.1, 0.15) is 38.3 Å². The molecule has 2 rings (SSSR count). The van der Waals surface area contributed by atoms with Crippen LogP contribution < -0.4 is 10.0 Å². The van der Waals surface area contributed by atoms with Crippen molar-refractivity contribution < 1.29 is 8.42 Å². The highest BCUT2D eigenvalue weighted by molar-refractivity contribution is 7.89. The van der Waals surface area contributed by atoms with E-state index in [-0.39, 0.29) is 6.04 Å². The molecule has 0 aromatic carbocycles. The van der Waals surface area contributed by atoms with E-state index in [1.807, 2.05) is 25.6 Å². The molecular weight excluding hydrogens is 274 g/mol. The van der Waals surface area contributed by atoms with Gasteiger partial charge in [0.25, 0.3) is 0 Å². The number of hydrogen-bond acceptors (Lipinski definition) is 3. The van der Waals surface area contributed by atoms with Gasteiger partial charge in [-0.05, 0) is 31.9 Å². The van der Waals surface area contributed by atoms with Gasteiger partial charge in [0.1, 0.15) is 0 Å². The van der Waals surface area contributed by atoms with E-state index in [0.717, 1.165) is 24.5 Å². The molecule has 1 heterocycles. The highest BCUT2D eigenvalue weighted by Gasteiger charge is 2.28. The minimum atomic E-state index is -3.41. The molecule has 114 valence electrons. The first-order valence-corrected chi connectivity index (χ1v) is 8.76. The Kier molecular flexibility index (Phi) is 4.88. The van der Waals surface area contributed by atoms with Crippen molar-refractivity contribution in [3.63, 3.8) is 0 Å². The molecule has 0 aliphatic heterocycles. The zero-order valence-corrected chi connectivity index (χ0v) is 13.3. The van der Waals surface area contributed by atoms with Crippen molar-refractivity contribution >= 4 is 10.0 Å². The second-order valence-corrected chi connectivity index (χ2v) is 7.43. The second-order valence-electron chi connectivity index (χ2n) is 5.71. The maximum absolute atomic E-state index is 12.4. The number of sulfonamides is 1. The van der Waals surface area contributed by atoms with E-state index in [0.29, 0.717) is 11.4 Å². The van der Waals surface area contributed by atoms with Crippen molar-refractivity contribution in [2.24, 2.45) is 13.0 Å². The Morgan fingerprint density at radius 1 is 1.45 bits per heavy atom. The van der Waals surface area contributed by atoms with Crippen molar-refractivity contribution in [1.82, 2.24) is 14.6 Å².